The van der Waals surface area contributed by atoms with Crippen LogP contribution in [0.3, 0.4) is 0 Å². The van der Waals surface area contributed by atoms with Gasteiger partial charge in [0.2, 0.25) is 0 Å². The highest BCUT2D eigenvalue weighted by Crippen LogP contribution is 2.37. The van der Waals surface area contributed by atoms with Gasteiger partial charge in [0.15, 0.2) is 11.5 Å². The third-order valence-corrected chi connectivity index (χ3v) is 4.79. The molecule has 0 spiro atoms. The standard InChI is InChI=1S/C23H23Cl2NO2/c1-3-27-22-13-18(14-26-21-10-5-4-7-16(21)2)12-20(25)23(22)28-15-17-8-6-9-19(24)11-17/h4-13,26H,3,14-15H2,1-2H3. The molecule has 3 aromatic rings. The summed E-state index contributed by atoms with van der Waals surface area (Å²) in [4.78, 5) is 0. The van der Waals surface area contributed by atoms with Crippen molar-refractivity contribution in [1.82, 2.24) is 0 Å². The zero-order valence-electron chi connectivity index (χ0n) is 16.0. The van der Waals surface area contributed by atoms with E-state index in [2.05, 4.69) is 24.4 Å². The summed E-state index contributed by atoms with van der Waals surface area (Å²) in [5, 5.41) is 4.64. The Morgan fingerprint density at radius 1 is 0.893 bits per heavy atom. The summed E-state index contributed by atoms with van der Waals surface area (Å²) in [6.45, 7) is 5.54. The maximum Gasteiger partial charge on any atom is 0.180 e. The van der Waals surface area contributed by atoms with Gasteiger partial charge in [0.05, 0.1) is 11.6 Å². The van der Waals surface area contributed by atoms with Gasteiger partial charge in [-0.05, 0) is 60.9 Å². The van der Waals surface area contributed by atoms with Crippen LogP contribution in [0, 0.1) is 6.92 Å². The fourth-order valence-corrected chi connectivity index (χ4v) is 3.38. The van der Waals surface area contributed by atoms with Crippen LogP contribution in [0.2, 0.25) is 10.0 Å². The Labute approximate surface area is 176 Å². The first-order valence-electron chi connectivity index (χ1n) is 9.18. The highest BCUT2D eigenvalue weighted by Gasteiger charge is 2.13. The third-order valence-electron chi connectivity index (χ3n) is 4.27. The van der Waals surface area contributed by atoms with Crippen LogP contribution in [-0.2, 0) is 13.2 Å². The summed E-state index contributed by atoms with van der Waals surface area (Å²) < 4.78 is 11.7. The predicted octanol–water partition coefficient (Wildman–Crippen LogP) is 6.89. The number of hydrogen-bond acceptors (Lipinski definition) is 3. The normalized spacial score (nSPS) is 10.6. The SMILES string of the molecule is CCOc1cc(CNc2ccccc2C)cc(Cl)c1OCc1cccc(Cl)c1. The summed E-state index contributed by atoms with van der Waals surface area (Å²) in [6.07, 6.45) is 0. The molecule has 3 aromatic carbocycles. The molecule has 0 bridgehead atoms. The number of anilines is 1. The molecular formula is C23H23Cl2NO2. The maximum absolute atomic E-state index is 6.52. The van der Waals surface area contributed by atoms with E-state index in [1.807, 2.05) is 55.5 Å². The monoisotopic (exact) mass is 415 g/mol. The molecule has 0 saturated heterocycles. The molecule has 0 aliphatic heterocycles. The van der Waals surface area contributed by atoms with Crippen molar-refractivity contribution in [3.63, 3.8) is 0 Å². The fourth-order valence-electron chi connectivity index (χ4n) is 2.88. The molecule has 1 N–H and O–H groups in total. The molecular weight excluding hydrogens is 393 g/mol. The Hall–Kier alpha value is -2.36. The lowest BCUT2D eigenvalue weighted by Crippen LogP contribution is -2.04. The molecule has 0 fully saturated rings. The molecule has 28 heavy (non-hydrogen) atoms. The summed E-state index contributed by atoms with van der Waals surface area (Å²) in [6, 6.07) is 19.6. The highest BCUT2D eigenvalue weighted by atomic mass is 35.5. The number of rotatable bonds is 8. The molecule has 3 nitrogen and oxygen atoms in total. The van der Waals surface area contributed by atoms with E-state index >= 15 is 0 Å². The smallest absolute Gasteiger partial charge is 0.180 e. The van der Waals surface area contributed by atoms with Crippen molar-refractivity contribution in [2.75, 3.05) is 11.9 Å². The largest absolute Gasteiger partial charge is 0.490 e. The van der Waals surface area contributed by atoms with Gasteiger partial charge < -0.3 is 14.8 Å². The second kappa shape index (κ2) is 9.72. The van der Waals surface area contributed by atoms with E-state index in [4.69, 9.17) is 32.7 Å². The van der Waals surface area contributed by atoms with E-state index in [9.17, 15) is 0 Å². The molecule has 0 atom stereocenters. The zero-order chi connectivity index (χ0) is 19.9. The molecule has 3 rings (SSSR count). The predicted molar refractivity (Wildman–Crippen MR) is 117 cm³/mol. The number of benzene rings is 3. The van der Waals surface area contributed by atoms with Gasteiger partial charge in [0.1, 0.15) is 6.61 Å². The molecule has 146 valence electrons. The minimum absolute atomic E-state index is 0.362. The molecule has 0 radical (unpaired) electrons. The van der Waals surface area contributed by atoms with Crippen LogP contribution in [0.5, 0.6) is 11.5 Å². The van der Waals surface area contributed by atoms with E-state index < -0.39 is 0 Å². The fraction of sp³-hybridized carbons (Fsp3) is 0.217. The van der Waals surface area contributed by atoms with Crippen molar-refractivity contribution in [2.45, 2.75) is 27.0 Å². The first-order valence-corrected chi connectivity index (χ1v) is 9.94. The number of ether oxygens (including phenoxy) is 2. The van der Waals surface area contributed by atoms with Crippen molar-refractivity contribution in [3.05, 3.63) is 87.4 Å². The maximum atomic E-state index is 6.52. The van der Waals surface area contributed by atoms with Gasteiger partial charge in [-0.2, -0.15) is 0 Å². The van der Waals surface area contributed by atoms with E-state index in [0.29, 0.717) is 41.3 Å². The number of halogens is 2. The molecule has 0 aromatic heterocycles. The van der Waals surface area contributed by atoms with Crippen molar-refractivity contribution in [2.24, 2.45) is 0 Å². The minimum Gasteiger partial charge on any atom is -0.490 e. The molecule has 0 saturated carbocycles. The topological polar surface area (TPSA) is 30.5 Å². The van der Waals surface area contributed by atoms with Gasteiger partial charge >= 0.3 is 0 Å². The minimum atomic E-state index is 0.362. The molecule has 0 heterocycles. The lowest BCUT2D eigenvalue weighted by molar-refractivity contribution is 0.269. The average molecular weight is 416 g/mol. The van der Waals surface area contributed by atoms with Crippen LogP contribution >= 0.6 is 23.2 Å². The lowest BCUT2D eigenvalue weighted by atomic mass is 10.1. The van der Waals surface area contributed by atoms with Crippen molar-refractivity contribution in [1.29, 1.82) is 0 Å². The Balaban J connectivity index is 1.76. The van der Waals surface area contributed by atoms with Gasteiger partial charge in [-0.25, -0.2) is 0 Å². The van der Waals surface area contributed by atoms with Gasteiger partial charge in [0, 0.05) is 17.3 Å². The summed E-state index contributed by atoms with van der Waals surface area (Å²) >= 11 is 12.6. The van der Waals surface area contributed by atoms with Gasteiger partial charge in [-0.3, -0.25) is 0 Å². The Kier molecular flexibility index (Phi) is 7.07. The van der Waals surface area contributed by atoms with Crippen molar-refractivity contribution in [3.8, 4) is 11.5 Å². The second-order valence-electron chi connectivity index (χ2n) is 6.42. The third kappa shape index (κ3) is 5.34. The molecule has 5 heteroatoms. The summed E-state index contributed by atoms with van der Waals surface area (Å²) in [5.41, 5.74) is 4.28. The second-order valence-corrected chi connectivity index (χ2v) is 7.27. The van der Waals surface area contributed by atoms with Crippen LogP contribution in [-0.4, -0.2) is 6.61 Å². The Morgan fingerprint density at radius 2 is 1.71 bits per heavy atom. The van der Waals surface area contributed by atoms with Crippen LogP contribution in [0.1, 0.15) is 23.6 Å². The van der Waals surface area contributed by atoms with E-state index in [0.717, 1.165) is 16.8 Å². The molecule has 0 amide bonds. The van der Waals surface area contributed by atoms with Crippen molar-refractivity contribution >= 4 is 28.9 Å². The van der Waals surface area contributed by atoms with E-state index in [1.165, 1.54) is 5.56 Å². The molecule has 0 unspecified atom stereocenters. The number of para-hydroxylation sites is 1. The van der Waals surface area contributed by atoms with Gasteiger partial charge in [0.25, 0.3) is 0 Å². The Morgan fingerprint density at radius 3 is 2.46 bits per heavy atom. The van der Waals surface area contributed by atoms with Crippen LogP contribution in [0.15, 0.2) is 60.7 Å². The summed E-state index contributed by atoms with van der Waals surface area (Å²) in [7, 11) is 0. The zero-order valence-corrected chi connectivity index (χ0v) is 17.5. The van der Waals surface area contributed by atoms with Gasteiger partial charge in [-0.15, -0.1) is 0 Å². The number of hydrogen-bond donors (Lipinski definition) is 1. The van der Waals surface area contributed by atoms with Gasteiger partial charge in [-0.1, -0.05) is 53.5 Å². The number of nitrogens with one attached hydrogen (secondary N) is 1. The average Bonchev–Trinajstić information content (AvgIpc) is 2.67. The first-order chi connectivity index (χ1) is 13.6. The lowest BCUT2D eigenvalue weighted by Gasteiger charge is -2.16. The van der Waals surface area contributed by atoms with Crippen LogP contribution in [0.4, 0.5) is 5.69 Å². The molecule has 0 aliphatic carbocycles. The van der Waals surface area contributed by atoms with E-state index in [-0.39, 0.29) is 0 Å². The first kappa shape index (κ1) is 20.4. The Bertz CT molecular complexity index is 944. The summed E-state index contributed by atoms with van der Waals surface area (Å²) in [5.74, 6) is 1.18. The highest BCUT2D eigenvalue weighted by molar-refractivity contribution is 6.32. The van der Waals surface area contributed by atoms with E-state index in [1.54, 1.807) is 0 Å². The van der Waals surface area contributed by atoms with Crippen LogP contribution in [0.25, 0.3) is 0 Å². The molecule has 0 aliphatic rings. The van der Waals surface area contributed by atoms with Crippen LogP contribution < -0.4 is 14.8 Å². The number of aryl methyl sites for hydroxylation is 1. The quantitative estimate of drug-likeness (QED) is 0.434. The van der Waals surface area contributed by atoms with Crippen molar-refractivity contribution < 1.29 is 9.47 Å².